The minimum atomic E-state index is 0.0139. The van der Waals surface area contributed by atoms with Crippen LogP contribution in [0.25, 0.3) is 0 Å². The number of hydrogen-bond acceptors (Lipinski definition) is 2. The van der Waals surface area contributed by atoms with Crippen LogP contribution in [0.1, 0.15) is 36.7 Å². The van der Waals surface area contributed by atoms with Gasteiger partial charge >= 0.3 is 0 Å². The molecule has 2 nitrogen and oxygen atoms in total. The van der Waals surface area contributed by atoms with Crippen LogP contribution in [-0.4, -0.2) is 19.4 Å². The van der Waals surface area contributed by atoms with Gasteiger partial charge in [-0.1, -0.05) is 45.0 Å². The SMILES string of the molecule is CNCC(=O)c1ccccc1C(C)(C)C. The lowest BCUT2D eigenvalue weighted by Crippen LogP contribution is -2.23. The fourth-order valence-electron chi connectivity index (χ4n) is 1.64. The molecule has 1 N–H and O–H groups in total. The van der Waals surface area contributed by atoms with Crippen molar-refractivity contribution in [2.24, 2.45) is 0 Å². The van der Waals surface area contributed by atoms with Crippen molar-refractivity contribution in [2.45, 2.75) is 26.2 Å². The number of benzene rings is 1. The Balaban J connectivity index is 3.12. The second-order valence-electron chi connectivity index (χ2n) is 4.75. The summed E-state index contributed by atoms with van der Waals surface area (Å²) >= 11 is 0. The molecule has 0 unspecified atom stereocenters. The normalized spacial score (nSPS) is 11.5. The van der Waals surface area contributed by atoms with Crippen LogP contribution in [-0.2, 0) is 5.41 Å². The van der Waals surface area contributed by atoms with Gasteiger partial charge in [0.1, 0.15) is 0 Å². The Morgan fingerprint density at radius 2 is 1.87 bits per heavy atom. The highest BCUT2D eigenvalue weighted by atomic mass is 16.1. The van der Waals surface area contributed by atoms with E-state index in [9.17, 15) is 4.79 Å². The van der Waals surface area contributed by atoms with E-state index in [2.05, 4.69) is 26.1 Å². The highest BCUT2D eigenvalue weighted by Gasteiger charge is 2.20. The highest BCUT2D eigenvalue weighted by Crippen LogP contribution is 2.25. The molecule has 0 aliphatic carbocycles. The third kappa shape index (κ3) is 2.90. The fraction of sp³-hybridized carbons (Fsp3) is 0.462. The molecule has 0 atom stereocenters. The van der Waals surface area contributed by atoms with Crippen molar-refractivity contribution in [3.63, 3.8) is 0 Å². The zero-order valence-corrected chi connectivity index (χ0v) is 9.92. The molecule has 82 valence electrons. The van der Waals surface area contributed by atoms with Crippen LogP contribution in [0.2, 0.25) is 0 Å². The maximum atomic E-state index is 11.8. The molecule has 1 rings (SSSR count). The van der Waals surface area contributed by atoms with Gasteiger partial charge < -0.3 is 5.32 Å². The van der Waals surface area contributed by atoms with Crippen molar-refractivity contribution in [1.82, 2.24) is 5.32 Å². The number of ketones is 1. The quantitative estimate of drug-likeness (QED) is 0.768. The van der Waals surface area contributed by atoms with Crippen molar-refractivity contribution in [3.05, 3.63) is 35.4 Å². The Bertz CT molecular complexity index is 350. The first-order chi connectivity index (χ1) is 6.96. The molecule has 0 saturated carbocycles. The van der Waals surface area contributed by atoms with E-state index in [0.717, 1.165) is 11.1 Å². The molecule has 0 spiro atoms. The molecular formula is C13H19NO. The Morgan fingerprint density at radius 1 is 1.27 bits per heavy atom. The fourth-order valence-corrected chi connectivity index (χ4v) is 1.64. The number of likely N-dealkylation sites (N-methyl/N-ethyl adjacent to an activating group) is 1. The van der Waals surface area contributed by atoms with Gasteiger partial charge in [0.25, 0.3) is 0 Å². The summed E-state index contributed by atoms with van der Waals surface area (Å²) in [4.78, 5) is 11.8. The van der Waals surface area contributed by atoms with Crippen molar-refractivity contribution in [3.8, 4) is 0 Å². The maximum absolute atomic E-state index is 11.8. The zero-order chi connectivity index (χ0) is 11.5. The molecular weight excluding hydrogens is 186 g/mol. The lowest BCUT2D eigenvalue weighted by molar-refractivity contribution is 0.0991. The van der Waals surface area contributed by atoms with Crippen LogP contribution in [0.4, 0.5) is 0 Å². The predicted molar refractivity (Wildman–Crippen MR) is 63.4 cm³/mol. The molecule has 0 fully saturated rings. The smallest absolute Gasteiger partial charge is 0.176 e. The van der Waals surface area contributed by atoms with Crippen LogP contribution >= 0.6 is 0 Å². The minimum absolute atomic E-state index is 0.0139. The average Bonchev–Trinajstić information content (AvgIpc) is 2.17. The van der Waals surface area contributed by atoms with Gasteiger partial charge in [-0.05, 0) is 18.0 Å². The van der Waals surface area contributed by atoms with E-state index in [1.807, 2.05) is 24.3 Å². The van der Waals surface area contributed by atoms with Crippen LogP contribution in [0.3, 0.4) is 0 Å². The molecule has 0 aliphatic heterocycles. The Hall–Kier alpha value is -1.15. The Kier molecular flexibility index (Phi) is 3.64. The van der Waals surface area contributed by atoms with Crippen molar-refractivity contribution >= 4 is 5.78 Å². The minimum Gasteiger partial charge on any atom is -0.313 e. The summed E-state index contributed by atoms with van der Waals surface area (Å²) in [7, 11) is 1.79. The van der Waals surface area contributed by atoms with Gasteiger partial charge in [0.15, 0.2) is 5.78 Å². The van der Waals surface area contributed by atoms with Gasteiger partial charge in [0, 0.05) is 5.56 Å². The molecule has 0 amide bonds. The monoisotopic (exact) mass is 205 g/mol. The van der Waals surface area contributed by atoms with Crippen LogP contribution in [0.15, 0.2) is 24.3 Å². The lowest BCUT2D eigenvalue weighted by Gasteiger charge is -2.22. The number of Topliss-reactive ketones (excluding diaryl/α,β-unsaturated/α-hetero) is 1. The van der Waals surface area contributed by atoms with E-state index < -0.39 is 0 Å². The van der Waals surface area contributed by atoms with E-state index in [1.54, 1.807) is 7.05 Å². The first-order valence-corrected chi connectivity index (χ1v) is 5.24. The van der Waals surface area contributed by atoms with Crippen LogP contribution in [0, 0.1) is 0 Å². The van der Waals surface area contributed by atoms with E-state index >= 15 is 0 Å². The standard InChI is InChI=1S/C13H19NO/c1-13(2,3)11-8-6-5-7-10(11)12(15)9-14-4/h5-8,14H,9H2,1-4H3. The topological polar surface area (TPSA) is 29.1 Å². The van der Waals surface area contributed by atoms with Gasteiger partial charge in [0.2, 0.25) is 0 Å². The number of carbonyl (C=O) groups excluding carboxylic acids is 1. The second kappa shape index (κ2) is 4.58. The molecule has 0 bridgehead atoms. The number of nitrogens with one attached hydrogen (secondary N) is 1. The molecule has 1 aromatic rings. The lowest BCUT2D eigenvalue weighted by atomic mass is 9.83. The summed E-state index contributed by atoms with van der Waals surface area (Å²) < 4.78 is 0. The molecule has 1 aromatic carbocycles. The third-order valence-corrected chi connectivity index (χ3v) is 2.37. The van der Waals surface area contributed by atoms with Crippen molar-refractivity contribution < 1.29 is 4.79 Å². The Morgan fingerprint density at radius 3 is 2.40 bits per heavy atom. The summed E-state index contributed by atoms with van der Waals surface area (Å²) in [6.45, 7) is 6.77. The van der Waals surface area contributed by atoms with E-state index in [1.165, 1.54) is 0 Å². The average molecular weight is 205 g/mol. The summed E-state index contributed by atoms with van der Waals surface area (Å²) in [6, 6.07) is 7.83. The summed E-state index contributed by atoms with van der Waals surface area (Å²) in [5.74, 6) is 0.156. The van der Waals surface area contributed by atoms with Gasteiger partial charge in [-0.2, -0.15) is 0 Å². The molecule has 0 aromatic heterocycles. The second-order valence-corrected chi connectivity index (χ2v) is 4.75. The highest BCUT2D eigenvalue weighted by molar-refractivity contribution is 5.99. The van der Waals surface area contributed by atoms with Gasteiger partial charge in [-0.15, -0.1) is 0 Å². The summed E-state index contributed by atoms with van der Waals surface area (Å²) in [5, 5.41) is 2.90. The molecule has 0 aliphatic rings. The molecule has 0 radical (unpaired) electrons. The largest absolute Gasteiger partial charge is 0.313 e. The predicted octanol–water partition coefficient (Wildman–Crippen LogP) is 2.39. The maximum Gasteiger partial charge on any atom is 0.176 e. The summed E-state index contributed by atoms with van der Waals surface area (Å²) in [6.07, 6.45) is 0. The van der Waals surface area contributed by atoms with Crippen molar-refractivity contribution in [1.29, 1.82) is 0 Å². The van der Waals surface area contributed by atoms with Crippen molar-refractivity contribution in [2.75, 3.05) is 13.6 Å². The first kappa shape index (κ1) is 11.9. The van der Waals surface area contributed by atoms with Gasteiger partial charge in [-0.25, -0.2) is 0 Å². The molecule has 0 heterocycles. The van der Waals surface area contributed by atoms with Crippen LogP contribution in [0.5, 0.6) is 0 Å². The number of hydrogen-bond donors (Lipinski definition) is 1. The Labute approximate surface area is 91.7 Å². The molecule has 2 heteroatoms. The third-order valence-electron chi connectivity index (χ3n) is 2.37. The van der Waals surface area contributed by atoms with E-state index in [0.29, 0.717) is 6.54 Å². The zero-order valence-electron chi connectivity index (χ0n) is 9.92. The van der Waals surface area contributed by atoms with Crippen LogP contribution < -0.4 is 5.32 Å². The number of rotatable bonds is 3. The summed E-state index contributed by atoms with van der Waals surface area (Å²) in [5.41, 5.74) is 1.96. The van der Waals surface area contributed by atoms with Gasteiger partial charge in [0.05, 0.1) is 6.54 Å². The van der Waals surface area contributed by atoms with E-state index in [-0.39, 0.29) is 11.2 Å². The molecule has 0 saturated heterocycles. The van der Waals surface area contributed by atoms with E-state index in [4.69, 9.17) is 0 Å². The van der Waals surface area contributed by atoms with Gasteiger partial charge in [-0.3, -0.25) is 4.79 Å². The first-order valence-electron chi connectivity index (χ1n) is 5.24. The molecule has 15 heavy (non-hydrogen) atoms. The number of carbonyl (C=O) groups is 1.